The third kappa shape index (κ3) is 9.84. The summed E-state index contributed by atoms with van der Waals surface area (Å²) < 4.78 is 0. The summed E-state index contributed by atoms with van der Waals surface area (Å²) in [6, 6.07) is 0.666. The molecule has 0 aliphatic carbocycles. The van der Waals surface area contributed by atoms with Crippen LogP contribution in [0.4, 0.5) is 0 Å². The van der Waals surface area contributed by atoms with Gasteiger partial charge in [0.05, 0.1) is 0 Å². The molecule has 0 spiro atoms. The molecule has 0 heterocycles. The average molecular weight is 186 g/mol. The Kier molecular flexibility index (Phi) is 8.46. The normalized spacial score (nSPS) is 13.6. The van der Waals surface area contributed by atoms with Crippen molar-refractivity contribution in [1.82, 2.24) is 10.2 Å². The first-order valence-electron chi connectivity index (χ1n) is 5.55. The van der Waals surface area contributed by atoms with Crippen molar-refractivity contribution in [3.63, 3.8) is 0 Å². The highest BCUT2D eigenvalue weighted by Crippen LogP contribution is 1.95. The molecule has 1 unspecified atom stereocenters. The van der Waals surface area contributed by atoms with E-state index in [9.17, 15) is 0 Å². The minimum atomic E-state index is 0.666. The van der Waals surface area contributed by atoms with Crippen molar-refractivity contribution in [3.05, 3.63) is 0 Å². The zero-order chi connectivity index (χ0) is 10.1. The number of nitrogens with zero attached hydrogens (tertiary/aromatic N) is 1. The van der Waals surface area contributed by atoms with Gasteiger partial charge in [0.25, 0.3) is 0 Å². The van der Waals surface area contributed by atoms with E-state index in [1.807, 2.05) is 0 Å². The van der Waals surface area contributed by atoms with Gasteiger partial charge in [-0.1, -0.05) is 19.8 Å². The Morgan fingerprint density at radius 3 is 2.46 bits per heavy atom. The zero-order valence-corrected chi connectivity index (χ0v) is 9.77. The molecule has 0 saturated heterocycles. The third-order valence-electron chi connectivity index (χ3n) is 2.28. The monoisotopic (exact) mass is 186 g/mol. The Bertz CT molecular complexity index is 102. The van der Waals surface area contributed by atoms with Crippen molar-refractivity contribution in [2.75, 3.05) is 27.2 Å². The first-order chi connectivity index (χ1) is 6.16. The van der Waals surface area contributed by atoms with E-state index in [1.54, 1.807) is 0 Å². The smallest absolute Gasteiger partial charge is 0.00508 e. The lowest BCUT2D eigenvalue weighted by Crippen LogP contribution is -2.30. The molecule has 0 aromatic heterocycles. The van der Waals surface area contributed by atoms with E-state index in [1.165, 1.54) is 38.8 Å². The molecule has 0 aromatic carbocycles. The molecular formula is C11H26N2. The van der Waals surface area contributed by atoms with Gasteiger partial charge in [-0.3, -0.25) is 0 Å². The predicted octanol–water partition coefficient (Wildman–Crippen LogP) is 2.11. The molecule has 0 radical (unpaired) electrons. The maximum absolute atomic E-state index is 3.55. The first kappa shape index (κ1) is 12.9. The Morgan fingerprint density at radius 2 is 1.92 bits per heavy atom. The standard InChI is InChI=1S/C11H26N2/c1-5-6-7-9-12-11(2)8-10-13(3)4/h11-12H,5-10H2,1-4H3. The van der Waals surface area contributed by atoms with E-state index in [-0.39, 0.29) is 0 Å². The fraction of sp³-hybridized carbons (Fsp3) is 1.00. The molecule has 0 saturated carbocycles. The summed E-state index contributed by atoms with van der Waals surface area (Å²) >= 11 is 0. The summed E-state index contributed by atoms with van der Waals surface area (Å²) in [5.74, 6) is 0. The lowest BCUT2D eigenvalue weighted by Gasteiger charge is -2.16. The van der Waals surface area contributed by atoms with E-state index in [0.29, 0.717) is 6.04 Å². The van der Waals surface area contributed by atoms with Gasteiger partial charge in [-0.2, -0.15) is 0 Å². The quantitative estimate of drug-likeness (QED) is 0.584. The lowest BCUT2D eigenvalue weighted by molar-refractivity contribution is 0.365. The maximum atomic E-state index is 3.55. The van der Waals surface area contributed by atoms with Gasteiger partial charge in [0, 0.05) is 6.04 Å². The van der Waals surface area contributed by atoms with Crippen LogP contribution < -0.4 is 5.32 Å². The van der Waals surface area contributed by atoms with E-state index in [2.05, 4.69) is 38.2 Å². The van der Waals surface area contributed by atoms with Crippen LogP contribution in [-0.2, 0) is 0 Å². The summed E-state index contributed by atoms with van der Waals surface area (Å²) in [6.07, 6.45) is 5.24. The van der Waals surface area contributed by atoms with Gasteiger partial charge < -0.3 is 10.2 Å². The van der Waals surface area contributed by atoms with Crippen LogP contribution >= 0.6 is 0 Å². The van der Waals surface area contributed by atoms with Crippen molar-refractivity contribution >= 4 is 0 Å². The molecular weight excluding hydrogens is 160 g/mol. The zero-order valence-electron chi connectivity index (χ0n) is 9.77. The Hall–Kier alpha value is -0.0800. The fourth-order valence-electron chi connectivity index (χ4n) is 1.28. The highest BCUT2D eigenvalue weighted by molar-refractivity contribution is 4.61. The highest BCUT2D eigenvalue weighted by atomic mass is 15.1. The molecule has 0 amide bonds. The topological polar surface area (TPSA) is 15.3 Å². The average Bonchev–Trinajstić information content (AvgIpc) is 2.09. The van der Waals surface area contributed by atoms with Gasteiger partial charge in [0.1, 0.15) is 0 Å². The predicted molar refractivity (Wildman–Crippen MR) is 60.2 cm³/mol. The summed E-state index contributed by atoms with van der Waals surface area (Å²) in [5, 5.41) is 3.55. The number of unbranched alkanes of at least 4 members (excludes halogenated alkanes) is 2. The molecule has 80 valence electrons. The number of hydrogen-bond donors (Lipinski definition) is 1. The molecule has 2 heteroatoms. The van der Waals surface area contributed by atoms with Crippen LogP contribution in [0.15, 0.2) is 0 Å². The lowest BCUT2D eigenvalue weighted by atomic mass is 10.2. The summed E-state index contributed by atoms with van der Waals surface area (Å²) in [4.78, 5) is 2.24. The van der Waals surface area contributed by atoms with Gasteiger partial charge in [-0.15, -0.1) is 0 Å². The minimum Gasteiger partial charge on any atom is -0.314 e. The molecule has 13 heavy (non-hydrogen) atoms. The van der Waals surface area contributed by atoms with Crippen LogP contribution in [0, 0.1) is 0 Å². The van der Waals surface area contributed by atoms with Crippen LogP contribution in [0.25, 0.3) is 0 Å². The second-order valence-electron chi connectivity index (χ2n) is 4.15. The molecule has 0 aliphatic rings. The van der Waals surface area contributed by atoms with Crippen molar-refractivity contribution in [2.24, 2.45) is 0 Å². The highest BCUT2D eigenvalue weighted by Gasteiger charge is 2.00. The molecule has 0 aliphatic heterocycles. The molecule has 0 bridgehead atoms. The van der Waals surface area contributed by atoms with Gasteiger partial charge in [-0.25, -0.2) is 0 Å². The molecule has 0 rings (SSSR count). The second kappa shape index (κ2) is 8.52. The summed E-state index contributed by atoms with van der Waals surface area (Å²) in [5.41, 5.74) is 0. The molecule has 1 atom stereocenters. The first-order valence-corrected chi connectivity index (χ1v) is 5.55. The van der Waals surface area contributed by atoms with E-state index >= 15 is 0 Å². The largest absolute Gasteiger partial charge is 0.314 e. The molecule has 0 fully saturated rings. The summed E-state index contributed by atoms with van der Waals surface area (Å²) in [6.45, 7) is 6.88. The SMILES string of the molecule is CCCCCNC(C)CCN(C)C. The van der Waals surface area contributed by atoms with Gasteiger partial charge in [-0.05, 0) is 47.0 Å². The summed E-state index contributed by atoms with van der Waals surface area (Å²) in [7, 11) is 4.26. The van der Waals surface area contributed by atoms with Crippen LogP contribution in [0.5, 0.6) is 0 Å². The van der Waals surface area contributed by atoms with Crippen molar-refractivity contribution in [3.8, 4) is 0 Å². The third-order valence-corrected chi connectivity index (χ3v) is 2.28. The van der Waals surface area contributed by atoms with Crippen LogP contribution in [-0.4, -0.2) is 38.1 Å². The number of rotatable bonds is 8. The maximum Gasteiger partial charge on any atom is 0.00508 e. The fourth-order valence-corrected chi connectivity index (χ4v) is 1.28. The molecule has 2 nitrogen and oxygen atoms in total. The van der Waals surface area contributed by atoms with Crippen LogP contribution in [0.1, 0.15) is 39.5 Å². The molecule has 0 aromatic rings. The van der Waals surface area contributed by atoms with E-state index in [0.717, 1.165) is 0 Å². The minimum absolute atomic E-state index is 0.666. The van der Waals surface area contributed by atoms with Crippen molar-refractivity contribution in [2.45, 2.75) is 45.6 Å². The number of nitrogens with one attached hydrogen (secondary N) is 1. The Morgan fingerprint density at radius 1 is 1.23 bits per heavy atom. The van der Waals surface area contributed by atoms with Gasteiger partial charge in [0.15, 0.2) is 0 Å². The number of hydrogen-bond acceptors (Lipinski definition) is 2. The van der Waals surface area contributed by atoms with E-state index < -0.39 is 0 Å². The Labute approximate surface area is 83.7 Å². The van der Waals surface area contributed by atoms with Crippen molar-refractivity contribution < 1.29 is 0 Å². The molecule has 1 N–H and O–H groups in total. The second-order valence-corrected chi connectivity index (χ2v) is 4.15. The van der Waals surface area contributed by atoms with Crippen LogP contribution in [0.3, 0.4) is 0 Å². The van der Waals surface area contributed by atoms with Gasteiger partial charge >= 0.3 is 0 Å². The van der Waals surface area contributed by atoms with Crippen LogP contribution in [0.2, 0.25) is 0 Å². The van der Waals surface area contributed by atoms with Gasteiger partial charge in [0.2, 0.25) is 0 Å². The van der Waals surface area contributed by atoms with E-state index in [4.69, 9.17) is 0 Å². The Balaban J connectivity index is 3.15. The van der Waals surface area contributed by atoms with Crippen molar-refractivity contribution in [1.29, 1.82) is 0 Å².